The third kappa shape index (κ3) is 4.95. The number of carbonyl (C=O) groups excluding carboxylic acids is 1. The standard InChI is InChI=1S/C16H12INO6/c17-11-1-3-13(4-2-11)24-8-14(19)18-12-6-9(15(20)21)5-10(7-12)16(22)23/h1-7H,8H2,(H,18,19)(H,20,21)(H,22,23). The number of carbonyl (C=O) groups is 3. The van der Waals surface area contributed by atoms with Crippen LogP contribution in [0.4, 0.5) is 5.69 Å². The molecule has 0 aliphatic rings. The molecule has 8 heteroatoms. The molecule has 1 amide bonds. The summed E-state index contributed by atoms with van der Waals surface area (Å²) in [5.74, 6) is -2.60. The summed E-state index contributed by atoms with van der Waals surface area (Å²) in [7, 11) is 0. The van der Waals surface area contributed by atoms with Gasteiger partial charge in [0, 0.05) is 9.26 Å². The number of rotatable bonds is 6. The molecule has 124 valence electrons. The molecule has 0 aliphatic carbocycles. The molecule has 2 rings (SSSR count). The number of hydrogen-bond donors (Lipinski definition) is 3. The summed E-state index contributed by atoms with van der Waals surface area (Å²) < 4.78 is 6.33. The molecule has 0 atom stereocenters. The number of benzene rings is 2. The second-order valence-corrected chi connectivity index (χ2v) is 5.95. The van der Waals surface area contributed by atoms with E-state index in [0.717, 1.165) is 9.64 Å². The third-order valence-corrected chi connectivity index (χ3v) is 3.61. The van der Waals surface area contributed by atoms with Gasteiger partial charge in [-0.15, -0.1) is 0 Å². The predicted octanol–water partition coefficient (Wildman–Crippen LogP) is 2.71. The van der Waals surface area contributed by atoms with Gasteiger partial charge in [-0.3, -0.25) is 4.79 Å². The highest BCUT2D eigenvalue weighted by molar-refractivity contribution is 14.1. The van der Waals surface area contributed by atoms with E-state index in [1.165, 1.54) is 12.1 Å². The monoisotopic (exact) mass is 441 g/mol. The summed E-state index contributed by atoms with van der Waals surface area (Å²) in [6.45, 7) is -0.291. The topological polar surface area (TPSA) is 113 Å². The maximum Gasteiger partial charge on any atom is 0.335 e. The van der Waals surface area contributed by atoms with E-state index in [0.29, 0.717) is 5.75 Å². The molecule has 7 nitrogen and oxygen atoms in total. The number of carboxylic acid groups (broad SMARTS) is 2. The lowest BCUT2D eigenvalue weighted by Gasteiger charge is -2.09. The zero-order valence-electron chi connectivity index (χ0n) is 12.2. The molecule has 0 bridgehead atoms. The van der Waals surface area contributed by atoms with Gasteiger partial charge in [-0.2, -0.15) is 0 Å². The van der Waals surface area contributed by atoms with Crippen molar-refractivity contribution in [1.82, 2.24) is 0 Å². The Bertz CT molecular complexity index is 755. The van der Waals surface area contributed by atoms with Crippen LogP contribution in [0.2, 0.25) is 0 Å². The number of carboxylic acids is 2. The van der Waals surface area contributed by atoms with Crippen LogP contribution in [0.5, 0.6) is 5.75 Å². The number of anilines is 1. The van der Waals surface area contributed by atoms with Gasteiger partial charge in [0.25, 0.3) is 5.91 Å². The van der Waals surface area contributed by atoms with Gasteiger partial charge in [-0.25, -0.2) is 9.59 Å². The fraction of sp³-hybridized carbons (Fsp3) is 0.0625. The summed E-state index contributed by atoms with van der Waals surface area (Å²) in [5.41, 5.74) is -0.393. The van der Waals surface area contributed by atoms with Crippen LogP contribution in [0.25, 0.3) is 0 Å². The van der Waals surface area contributed by atoms with Crippen molar-refractivity contribution in [2.75, 3.05) is 11.9 Å². The van der Waals surface area contributed by atoms with Crippen molar-refractivity contribution in [2.45, 2.75) is 0 Å². The van der Waals surface area contributed by atoms with E-state index in [1.54, 1.807) is 12.1 Å². The smallest absolute Gasteiger partial charge is 0.335 e. The zero-order chi connectivity index (χ0) is 17.7. The molecule has 0 saturated carbocycles. The number of amides is 1. The lowest BCUT2D eigenvalue weighted by Crippen LogP contribution is -2.20. The van der Waals surface area contributed by atoms with Gasteiger partial charge < -0.3 is 20.3 Å². The minimum absolute atomic E-state index is 0.0727. The first-order valence-electron chi connectivity index (χ1n) is 6.65. The van der Waals surface area contributed by atoms with Gasteiger partial charge in [-0.05, 0) is 65.1 Å². The Kier molecular flexibility index (Phi) is 5.74. The molecule has 0 heterocycles. The predicted molar refractivity (Wildman–Crippen MR) is 93.6 cm³/mol. The van der Waals surface area contributed by atoms with Crippen LogP contribution in [-0.4, -0.2) is 34.7 Å². The maximum absolute atomic E-state index is 11.9. The van der Waals surface area contributed by atoms with E-state index in [9.17, 15) is 14.4 Å². The highest BCUT2D eigenvalue weighted by Gasteiger charge is 2.13. The van der Waals surface area contributed by atoms with Gasteiger partial charge in [0.1, 0.15) is 5.75 Å². The molecule has 2 aromatic rings. The van der Waals surface area contributed by atoms with E-state index in [1.807, 2.05) is 12.1 Å². The number of nitrogens with one attached hydrogen (secondary N) is 1. The number of halogens is 1. The van der Waals surface area contributed by atoms with Crippen LogP contribution in [0.1, 0.15) is 20.7 Å². The van der Waals surface area contributed by atoms with Crippen LogP contribution in [0.3, 0.4) is 0 Å². The number of hydrogen-bond acceptors (Lipinski definition) is 4. The molecule has 0 aromatic heterocycles. The number of ether oxygens (including phenoxy) is 1. The summed E-state index contributed by atoms with van der Waals surface area (Å²) >= 11 is 2.14. The van der Waals surface area contributed by atoms with Crippen molar-refractivity contribution in [2.24, 2.45) is 0 Å². The second-order valence-electron chi connectivity index (χ2n) is 4.70. The second kappa shape index (κ2) is 7.77. The normalized spacial score (nSPS) is 10.0. The minimum atomic E-state index is -1.29. The fourth-order valence-electron chi connectivity index (χ4n) is 1.82. The summed E-state index contributed by atoms with van der Waals surface area (Å²) in [6.07, 6.45) is 0. The van der Waals surface area contributed by atoms with Crippen molar-refractivity contribution in [3.63, 3.8) is 0 Å². The molecule has 24 heavy (non-hydrogen) atoms. The van der Waals surface area contributed by atoms with E-state index >= 15 is 0 Å². The van der Waals surface area contributed by atoms with Crippen LogP contribution < -0.4 is 10.1 Å². The van der Waals surface area contributed by atoms with E-state index in [-0.39, 0.29) is 23.4 Å². The SMILES string of the molecule is O=C(COc1ccc(I)cc1)Nc1cc(C(=O)O)cc(C(=O)O)c1. The Morgan fingerprint density at radius 1 is 0.958 bits per heavy atom. The summed E-state index contributed by atoms with van der Waals surface area (Å²) in [5, 5.41) is 20.4. The van der Waals surface area contributed by atoms with E-state index < -0.39 is 17.8 Å². The average molecular weight is 441 g/mol. The Hall–Kier alpha value is -2.62. The van der Waals surface area contributed by atoms with Gasteiger partial charge >= 0.3 is 11.9 Å². The first kappa shape index (κ1) is 17.7. The molecule has 0 saturated heterocycles. The highest BCUT2D eigenvalue weighted by atomic mass is 127. The molecule has 3 N–H and O–H groups in total. The molecule has 0 fully saturated rings. The Morgan fingerprint density at radius 2 is 1.50 bits per heavy atom. The maximum atomic E-state index is 11.9. The molecule has 0 aliphatic heterocycles. The van der Waals surface area contributed by atoms with Gasteiger partial charge in [0.05, 0.1) is 11.1 Å². The first-order chi connectivity index (χ1) is 11.3. The summed E-state index contributed by atoms with van der Waals surface area (Å²) in [6, 6.07) is 10.4. The van der Waals surface area contributed by atoms with Gasteiger partial charge in [0.2, 0.25) is 0 Å². The molecule has 2 aromatic carbocycles. The van der Waals surface area contributed by atoms with Crippen molar-refractivity contribution >= 4 is 46.1 Å². The lowest BCUT2D eigenvalue weighted by molar-refractivity contribution is -0.118. The number of aromatic carboxylic acids is 2. The zero-order valence-corrected chi connectivity index (χ0v) is 14.3. The lowest BCUT2D eigenvalue weighted by atomic mass is 10.1. The van der Waals surface area contributed by atoms with Crippen LogP contribution in [0, 0.1) is 3.57 Å². The molecule has 0 radical (unpaired) electrons. The molecular weight excluding hydrogens is 429 g/mol. The Balaban J connectivity index is 2.06. The third-order valence-electron chi connectivity index (χ3n) is 2.89. The molecule has 0 unspecified atom stereocenters. The quantitative estimate of drug-likeness (QED) is 0.595. The van der Waals surface area contributed by atoms with E-state index in [2.05, 4.69) is 27.9 Å². The minimum Gasteiger partial charge on any atom is -0.484 e. The first-order valence-corrected chi connectivity index (χ1v) is 7.73. The Morgan fingerprint density at radius 3 is 2.00 bits per heavy atom. The van der Waals surface area contributed by atoms with Gasteiger partial charge in [0.15, 0.2) is 6.61 Å². The van der Waals surface area contributed by atoms with Crippen molar-refractivity contribution in [3.05, 3.63) is 57.2 Å². The van der Waals surface area contributed by atoms with Crippen molar-refractivity contribution in [1.29, 1.82) is 0 Å². The molecular formula is C16H12INO6. The van der Waals surface area contributed by atoms with Crippen LogP contribution in [-0.2, 0) is 4.79 Å². The van der Waals surface area contributed by atoms with Crippen molar-refractivity contribution < 1.29 is 29.3 Å². The van der Waals surface area contributed by atoms with E-state index in [4.69, 9.17) is 14.9 Å². The Labute approximate surface area is 150 Å². The van der Waals surface area contributed by atoms with Crippen LogP contribution in [0.15, 0.2) is 42.5 Å². The van der Waals surface area contributed by atoms with Crippen molar-refractivity contribution in [3.8, 4) is 5.75 Å². The largest absolute Gasteiger partial charge is 0.484 e. The fourth-order valence-corrected chi connectivity index (χ4v) is 2.18. The molecule has 0 spiro atoms. The summed E-state index contributed by atoms with van der Waals surface area (Å²) in [4.78, 5) is 33.9. The van der Waals surface area contributed by atoms with Gasteiger partial charge in [-0.1, -0.05) is 0 Å². The van der Waals surface area contributed by atoms with Crippen LogP contribution >= 0.6 is 22.6 Å². The average Bonchev–Trinajstić information content (AvgIpc) is 2.54. The highest BCUT2D eigenvalue weighted by Crippen LogP contribution is 2.16.